The van der Waals surface area contributed by atoms with E-state index in [0.717, 1.165) is 11.3 Å². The zero-order valence-corrected chi connectivity index (χ0v) is 23.8. The third-order valence-corrected chi connectivity index (χ3v) is 7.26. The molecule has 0 radical (unpaired) electrons. The van der Waals surface area contributed by atoms with Gasteiger partial charge in [-0.2, -0.15) is 0 Å². The number of para-hydroxylation sites is 1. The summed E-state index contributed by atoms with van der Waals surface area (Å²) in [6, 6.07) is 10.4. The highest BCUT2D eigenvalue weighted by molar-refractivity contribution is 7.17. The molecule has 0 saturated carbocycles. The number of aromatic nitrogens is 1. The maximum Gasteiger partial charge on any atom is 0.350 e. The van der Waals surface area contributed by atoms with Crippen molar-refractivity contribution in [2.75, 3.05) is 25.7 Å². The Morgan fingerprint density at radius 1 is 1.10 bits per heavy atom. The molecule has 1 aromatic heterocycles. The number of benzene rings is 2. The number of methoxy groups -OCH3 is 2. The minimum absolute atomic E-state index is 0.0495. The lowest BCUT2D eigenvalue weighted by molar-refractivity contribution is -0.132. The largest absolute Gasteiger partial charge is 0.507 e. The first-order chi connectivity index (χ1) is 19.1. The summed E-state index contributed by atoms with van der Waals surface area (Å²) in [7, 11) is 2.91. The van der Waals surface area contributed by atoms with Gasteiger partial charge in [-0.3, -0.25) is 14.5 Å². The Bertz CT molecular complexity index is 1480. The molecule has 1 unspecified atom stereocenters. The number of carbonyl (C=O) groups is 3. The fourth-order valence-electron chi connectivity index (χ4n) is 4.44. The van der Waals surface area contributed by atoms with Crippen LogP contribution in [0.15, 0.2) is 48.0 Å². The van der Waals surface area contributed by atoms with E-state index in [1.165, 1.54) is 19.1 Å². The smallest absolute Gasteiger partial charge is 0.350 e. The molecule has 4 rings (SSSR count). The zero-order chi connectivity index (χ0) is 29.1. The molecule has 1 aliphatic rings. The van der Waals surface area contributed by atoms with Crippen molar-refractivity contribution in [1.82, 2.24) is 4.98 Å². The van der Waals surface area contributed by atoms with Gasteiger partial charge in [0.05, 0.1) is 38.2 Å². The maximum atomic E-state index is 13.6. The Kier molecular flexibility index (Phi) is 8.43. The van der Waals surface area contributed by atoms with Crippen molar-refractivity contribution in [3.05, 3.63) is 69.7 Å². The molecule has 1 amide bonds. The van der Waals surface area contributed by atoms with Gasteiger partial charge in [0.2, 0.25) is 0 Å². The van der Waals surface area contributed by atoms with Crippen LogP contribution in [0.3, 0.4) is 0 Å². The summed E-state index contributed by atoms with van der Waals surface area (Å²) in [6.45, 7) is 7.25. The van der Waals surface area contributed by atoms with Crippen molar-refractivity contribution in [2.45, 2.75) is 39.8 Å². The second-order valence-electron chi connectivity index (χ2n) is 9.07. The van der Waals surface area contributed by atoms with Crippen LogP contribution >= 0.6 is 11.3 Å². The number of esters is 1. The number of ketones is 1. The molecule has 0 spiro atoms. The van der Waals surface area contributed by atoms with E-state index >= 15 is 0 Å². The zero-order valence-electron chi connectivity index (χ0n) is 23.0. The van der Waals surface area contributed by atoms with Crippen LogP contribution in [0.4, 0.5) is 5.13 Å². The summed E-state index contributed by atoms with van der Waals surface area (Å²) in [4.78, 5) is 45.5. The molecule has 0 aliphatic carbocycles. The number of carbonyl (C=O) groups excluding carboxylic acids is 3. The quantitative estimate of drug-likeness (QED) is 0.164. The Balaban J connectivity index is 1.94. The molecular formula is C29H30N2O8S. The average Bonchev–Trinajstić information content (AvgIpc) is 3.44. The number of aliphatic hydroxyl groups excluding tert-OH is 1. The second kappa shape index (κ2) is 11.8. The van der Waals surface area contributed by atoms with E-state index in [1.54, 1.807) is 56.3 Å². The van der Waals surface area contributed by atoms with Gasteiger partial charge in [-0.25, -0.2) is 9.78 Å². The minimum atomic E-state index is -1.14. The molecule has 1 N–H and O–H groups in total. The monoisotopic (exact) mass is 566 g/mol. The van der Waals surface area contributed by atoms with Crippen molar-refractivity contribution in [1.29, 1.82) is 0 Å². The van der Waals surface area contributed by atoms with Crippen LogP contribution in [0.1, 0.15) is 53.3 Å². The summed E-state index contributed by atoms with van der Waals surface area (Å²) >= 11 is 0.924. The molecule has 3 aromatic rings. The standard InChI is InChI=1S/C29H30N2O8S/c1-7-38-28(35)26-16(4)30-29(40-26)31-22(19-9-8-10-20(36-5)25(19)37-6)21(24(33)27(31)34)23(32)17-11-13-18(14-12-17)39-15(2)3/h8-15,22,32H,7H2,1-6H3/b23-21+. The molecule has 2 aromatic carbocycles. The van der Waals surface area contributed by atoms with Crippen LogP contribution < -0.4 is 19.1 Å². The average molecular weight is 567 g/mol. The van der Waals surface area contributed by atoms with E-state index in [-0.39, 0.29) is 39.8 Å². The topological polar surface area (TPSA) is 124 Å². The van der Waals surface area contributed by atoms with E-state index in [0.29, 0.717) is 28.3 Å². The molecule has 0 bridgehead atoms. The van der Waals surface area contributed by atoms with Gasteiger partial charge in [-0.1, -0.05) is 23.5 Å². The SMILES string of the molecule is CCOC(=O)c1sc(N2C(=O)C(=O)/C(=C(/O)c3ccc(OC(C)C)cc3)C2c2cccc(OC)c2OC)nc1C. The fourth-order valence-corrected chi connectivity index (χ4v) is 5.43. The number of anilines is 1. The minimum Gasteiger partial charge on any atom is -0.507 e. The predicted molar refractivity (Wildman–Crippen MR) is 149 cm³/mol. The van der Waals surface area contributed by atoms with Crippen molar-refractivity contribution in [2.24, 2.45) is 0 Å². The molecule has 1 fully saturated rings. The first-order valence-corrected chi connectivity index (χ1v) is 13.4. The number of nitrogens with zero attached hydrogens (tertiary/aromatic N) is 2. The van der Waals surface area contributed by atoms with E-state index < -0.39 is 23.7 Å². The van der Waals surface area contributed by atoms with Gasteiger partial charge in [-0.05, 0) is 58.0 Å². The molecular weight excluding hydrogens is 536 g/mol. The Morgan fingerprint density at radius 2 is 1.80 bits per heavy atom. The third kappa shape index (κ3) is 5.24. The number of thiazole rings is 1. The summed E-state index contributed by atoms with van der Waals surface area (Å²) in [5, 5.41) is 11.6. The molecule has 1 atom stereocenters. The van der Waals surface area contributed by atoms with E-state index in [1.807, 2.05) is 13.8 Å². The number of rotatable bonds is 9. The number of hydrogen-bond acceptors (Lipinski definition) is 10. The lowest BCUT2D eigenvalue weighted by Crippen LogP contribution is -2.29. The van der Waals surface area contributed by atoms with Crippen LogP contribution in [0.25, 0.3) is 5.76 Å². The highest BCUT2D eigenvalue weighted by Gasteiger charge is 2.49. The number of aryl methyl sites for hydroxylation is 1. The number of ether oxygens (including phenoxy) is 4. The number of hydrogen-bond donors (Lipinski definition) is 1. The summed E-state index contributed by atoms with van der Waals surface area (Å²) in [6.07, 6.45) is -0.0495. The van der Waals surface area contributed by atoms with Crippen molar-refractivity contribution >= 4 is 39.9 Å². The van der Waals surface area contributed by atoms with Gasteiger partial charge in [0.25, 0.3) is 5.78 Å². The van der Waals surface area contributed by atoms with Gasteiger partial charge in [0, 0.05) is 11.1 Å². The van der Waals surface area contributed by atoms with Crippen LogP contribution in [0.5, 0.6) is 17.2 Å². The van der Waals surface area contributed by atoms with Crippen molar-refractivity contribution in [3.63, 3.8) is 0 Å². The van der Waals surface area contributed by atoms with E-state index in [9.17, 15) is 19.5 Å². The van der Waals surface area contributed by atoms with E-state index in [2.05, 4.69) is 4.98 Å². The Labute approximate surface area is 235 Å². The molecule has 210 valence electrons. The van der Waals surface area contributed by atoms with Gasteiger partial charge >= 0.3 is 11.9 Å². The highest BCUT2D eigenvalue weighted by Crippen LogP contribution is 2.48. The molecule has 40 heavy (non-hydrogen) atoms. The maximum absolute atomic E-state index is 13.6. The van der Waals surface area contributed by atoms with Crippen LogP contribution in [-0.2, 0) is 14.3 Å². The second-order valence-corrected chi connectivity index (χ2v) is 10.1. The number of Topliss-reactive ketones (excluding diaryl/α,β-unsaturated/α-hetero) is 1. The predicted octanol–water partition coefficient (Wildman–Crippen LogP) is 5.06. The first kappa shape index (κ1) is 28.6. The Morgan fingerprint density at radius 3 is 2.40 bits per heavy atom. The van der Waals surface area contributed by atoms with Crippen LogP contribution in [0, 0.1) is 6.92 Å². The van der Waals surface area contributed by atoms with Gasteiger partial charge in [-0.15, -0.1) is 0 Å². The van der Waals surface area contributed by atoms with Crippen LogP contribution in [0.2, 0.25) is 0 Å². The Hall–Kier alpha value is -4.38. The van der Waals surface area contributed by atoms with E-state index in [4.69, 9.17) is 18.9 Å². The molecule has 1 aliphatic heterocycles. The fraction of sp³-hybridized carbons (Fsp3) is 0.310. The summed E-state index contributed by atoms with van der Waals surface area (Å²) < 4.78 is 21.9. The van der Waals surface area contributed by atoms with Gasteiger partial charge in [0.15, 0.2) is 16.6 Å². The normalized spacial score (nSPS) is 16.4. The van der Waals surface area contributed by atoms with Gasteiger partial charge in [0.1, 0.15) is 22.4 Å². The molecule has 1 saturated heterocycles. The lowest BCUT2D eigenvalue weighted by atomic mass is 9.94. The number of aliphatic hydroxyl groups is 1. The molecule has 11 heteroatoms. The van der Waals surface area contributed by atoms with Gasteiger partial charge < -0.3 is 24.1 Å². The van der Waals surface area contributed by atoms with Crippen molar-refractivity contribution in [3.8, 4) is 17.2 Å². The highest BCUT2D eigenvalue weighted by atomic mass is 32.1. The molecule has 2 heterocycles. The lowest BCUT2D eigenvalue weighted by Gasteiger charge is -2.25. The van der Waals surface area contributed by atoms with Crippen LogP contribution in [-0.4, -0.2) is 54.7 Å². The third-order valence-electron chi connectivity index (χ3n) is 6.12. The number of amides is 1. The first-order valence-electron chi connectivity index (χ1n) is 12.6. The summed E-state index contributed by atoms with van der Waals surface area (Å²) in [5.41, 5.74) is 0.869. The van der Waals surface area contributed by atoms with Crippen molar-refractivity contribution < 1.29 is 38.4 Å². The molecule has 10 nitrogen and oxygen atoms in total. The summed E-state index contributed by atoms with van der Waals surface area (Å²) in [5.74, 6) is -1.58.